The zero-order valence-corrected chi connectivity index (χ0v) is 20.0. The summed E-state index contributed by atoms with van der Waals surface area (Å²) < 4.78 is 16.3. The van der Waals surface area contributed by atoms with Crippen LogP contribution in [-0.2, 0) is 15.0 Å². The molecule has 2 amide bonds. The summed E-state index contributed by atoms with van der Waals surface area (Å²) in [6.07, 6.45) is 0.0317. The summed E-state index contributed by atoms with van der Waals surface area (Å²) in [5, 5.41) is 3.04. The zero-order chi connectivity index (χ0) is 23.7. The van der Waals surface area contributed by atoms with Crippen LogP contribution < -0.4 is 10.1 Å². The lowest BCUT2D eigenvalue weighted by Crippen LogP contribution is -2.55. The summed E-state index contributed by atoms with van der Waals surface area (Å²) in [5.74, 6) is 1.33. The molecule has 0 saturated carbocycles. The molecule has 2 aromatic rings. The number of aromatic amines is 1. The molecule has 9 nitrogen and oxygen atoms in total. The van der Waals surface area contributed by atoms with E-state index in [9.17, 15) is 9.59 Å². The highest BCUT2D eigenvalue weighted by molar-refractivity contribution is 5.77. The Balaban J connectivity index is 1.88. The van der Waals surface area contributed by atoms with Crippen LogP contribution in [-0.4, -0.2) is 58.5 Å². The van der Waals surface area contributed by atoms with Gasteiger partial charge in [-0.3, -0.25) is 0 Å². The number of H-pyrrole nitrogens is 1. The van der Waals surface area contributed by atoms with E-state index < -0.39 is 22.8 Å². The smallest absolute Gasteiger partial charge is 0.410 e. The first-order valence-corrected chi connectivity index (χ1v) is 10.8. The van der Waals surface area contributed by atoms with Crippen LogP contribution in [0.3, 0.4) is 0 Å². The molecule has 176 valence electrons. The van der Waals surface area contributed by atoms with Crippen LogP contribution in [0.4, 0.5) is 9.59 Å². The van der Waals surface area contributed by atoms with E-state index in [1.807, 2.05) is 59.7 Å². The van der Waals surface area contributed by atoms with Crippen LogP contribution in [0.25, 0.3) is 11.0 Å². The van der Waals surface area contributed by atoms with Gasteiger partial charge in [0.25, 0.3) is 0 Å². The molecule has 2 N–H and O–H groups in total. The Morgan fingerprint density at radius 3 is 2.25 bits per heavy atom. The number of hydrogen-bond donors (Lipinski definition) is 2. The molecule has 0 unspecified atom stereocenters. The highest BCUT2D eigenvalue weighted by Crippen LogP contribution is 2.34. The molecule has 1 aliphatic rings. The molecule has 1 aliphatic heterocycles. The summed E-state index contributed by atoms with van der Waals surface area (Å²) in [5.41, 5.74) is -0.449. The Labute approximate surface area is 188 Å². The number of piperidine rings is 1. The number of hydrogen-bond acceptors (Lipinski definition) is 6. The summed E-state index contributed by atoms with van der Waals surface area (Å²) in [6, 6.07) is 5.57. The standard InChI is InChI=1S/C23H34N4O5/c1-21(2,3)31-19(28)26-23(10-12-27(13-11-23)20(29)32-22(4,5)6)18-24-16-9-8-15(30-7)14-17(16)25-18/h8-9,14H,10-13H2,1-7H3,(H,24,25)(H,26,28). The Bertz CT molecular complexity index is 978. The number of amides is 2. The van der Waals surface area contributed by atoms with Crippen molar-refractivity contribution in [3.05, 3.63) is 24.0 Å². The van der Waals surface area contributed by atoms with Crippen LogP contribution in [0.1, 0.15) is 60.2 Å². The number of ether oxygens (including phenoxy) is 3. The monoisotopic (exact) mass is 446 g/mol. The largest absolute Gasteiger partial charge is 0.497 e. The van der Waals surface area contributed by atoms with E-state index in [1.54, 1.807) is 12.0 Å². The highest BCUT2D eigenvalue weighted by Gasteiger charge is 2.43. The molecule has 1 fully saturated rings. The SMILES string of the molecule is COc1ccc2nc(C3(NC(=O)OC(C)(C)C)CCN(C(=O)OC(C)(C)C)CC3)[nH]c2c1. The van der Waals surface area contributed by atoms with Gasteiger partial charge in [-0.15, -0.1) is 0 Å². The lowest BCUT2D eigenvalue weighted by atomic mass is 9.86. The van der Waals surface area contributed by atoms with Gasteiger partial charge in [-0.25, -0.2) is 14.6 Å². The highest BCUT2D eigenvalue weighted by atomic mass is 16.6. The van der Waals surface area contributed by atoms with E-state index in [0.29, 0.717) is 37.5 Å². The maximum Gasteiger partial charge on any atom is 0.410 e. The van der Waals surface area contributed by atoms with Crippen molar-refractivity contribution in [2.75, 3.05) is 20.2 Å². The Morgan fingerprint density at radius 2 is 1.69 bits per heavy atom. The van der Waals surface area contributed by atoms with Crippen molar-refractivity contribution in [3.8, 4) is 5.75 Å². The predicted molar refractivity (Wildman–Crippen MR) is 121 cm³/mol. The third-order valence-corrected chi connectivity index (χ3v) is 5.15. The van der Waals surface area contributed by atoms with Gasteiger partial charge in [0.15, 0.2) is 0 Å². The van der Waals surface area contributed by atoms with Gasteiger partial charge in [0, 0.05) is 19.2 Å². The van der Waals surface area contributed by atoms with E-state index in [4.69, 9.17) is 19.2 Å². The number of alkyl carbamates (subject to hydrolysis) is 1. The Morgan fingerprint density at radius 1 is 1.06 bits per heavy atom. The van der Waals surface area contributed by atoms with Crippen molar-refractivity contribution in [3.63, 3.8) is 0 Å². The minimum atomic E-state index is -0.812. The number of carbonyl (C=O) groups is 2. The number of nitrogens with zero attached hydrogens (tertiary/aromatic N) is 2. The van der Waals surface area contributed by atoms with E-state index >= 15 is 0 Å². The maximum absolute atomic E-state index is 12.7. The molecule has 3 rings (SSSR count). The molecular weight excluding hydrogens is 412 g/mol. The second-order valence-electron chi connectivity index (χ2n) is 10.1. The Hall–Kier alpha value is -2.97. The van der Waals surface area contributed by atoms with Gasteiger partial charge in [-0.05, 0) is 66.5 Å². The summed E-state index contributed by atoms with van der Waals surface area (Å²) in [4.78, 5) is 35.0. The molecule has 0 atom stereocenters. The summed E-state index contributed by atoms with van der Waals surface area (Å²) in [7, 11) is 1.61. The first-order valence-electron chi connectivity index (χ1n) is 10.8. The van der Waals surface area contributed by atoms with Crippen LogP contribution in [0.15, 0.2) is 18.2 Å². The quantitative estimate of drug-likeness (QED) is 0.727. The first-order chi connectivity index (χ1) is 14.8. The van der Waals surface area contributed by atoms with Crippen molar-refractivity contribution in [2.24, 2.45) is 0 Å². The average molecular weight is 447 g/mol. The molecule has 2 heterocycles. The fraction of sp³-hybridized carbons (Fsp3) is 0.609. The Kier molecular flexibility index (Phi) is 6.31. The number of aromatic nitrogens is 2. The second-order valence-corrected chi connectivity index (χ2v) is 10.1. The minimum Gasteiger partial charge on any atom is -0.497 e. The third kappa shape index (κ3) is 5.63. The number of rotatable bonds is 3. The van der Waals surface area contributed by atoms with Crippen molar-refractivity contribution >= 4 is 23.2 Å². The van der Waals surface area contributed by atoms with Gasteiger partial charge in [0.05, 0.1) is 18.1 Å². The van der Waals surface area contributed by atoms with E-state index in [-0.39, 0.29) is 6.09 Å². The fourth-order valence-electron chi connectivity index (χ4n) is 3.66. The number of fused-ring (bicyclic) bond motifs is 1. The molecule has 9 heteroatoms. The molecular formula is C23H34N4O5. The van der Waals surface area contributed by atoms with Crippen LogP contribution >= 0.6 is 0 Å². The minimum absolute atomic E-state index is 0.363. The van der Waals surface area contributed by atoms with E-state index in [2.05, 4.69) is 10.3 Å². The van der Waals surface area contributed by atoms with E-state index in [0.717, 1.165) is 11.0 Å². The summed E-state index contributed by atoms with van der Waals surface area (Å²) in [6.45, 7) is 11.8. The van der Waals surface area contributed by atoms with Gasteiger partial charge in [-0.2, -0.15) is 0 Å². The number of nitrogens with one attached hydrogen (secondary N) is 2. The predicted octanol–water partition coefficient (Wildman–Crippen LogP) is 4.32. The number of methoxy groups -OCH3 is 1. The average Bonchev–Trinajstić information content (AvgIpc) is 3.09. The van der Waals surface area contributed by atoms with Crippen LogP contribution in [0.5, 0.6) is 5.75 Å². The van der Waals surface area contributed by atoms with Gasteiger partial charge < -0.3 is 29.4 Å². The van der Waals surface area contributed by atoms with Gasteiger partial charge >= 0.3 is 12.2 Å². The molecule has 1 aromatic carbocycles. The summed E-state index contributed by atoms with van der Waals surface area (Å²) >= 11 is 0. The molecule has 1 saturated heterocycles. The van der Waals surface area contributed by atoms with Crippen molar-refractivity contribution in [2.45, 2.75) is 71.1 Å². The number of carbonyl (C=O) groups excluding carboxylic acids is 2. The molecule has 0 spiro atoms. The number of imidazole rings is 1. The topological polar surface area (TPSA) is 106 Å². The van der Waals surface area contributed by atoms with Gasteiger partial charge in [0.2, 0.25) is 0 Å². The molecule has 0 bridgehead atoms. The maximum atomic E-state index is 12.7. The molecule has 0 radical (unpaired) electrons. The van der Waals surface area contributed by atoms with E-state index in [1.165, 1.54) is 0 Å². The molecule has 1 aromatic heterocycles. The lowest BCUT2D eigenvalue weighted by Gasteiger charge is -2.41. The fourth-order valence-corrected chi connectivity index (χ4v) is 3.66. The van der Waals surface area contributed by atoms with Crippen LogP contribution in [0, 0.1) is 0 Å². The first kappa shape index (κ1) is 23.7. The number of likely N-dealkylation sites (tertiary alicyclic amines) is 1. The van der Waals surface area contributed by atoms with Gasteiger partial charge in [-0.1, -0.05) is 0 Å². The number of benzene rings is 1. The normalized spacial score (nSPS) is 16.5. The zero-order valence-electron chi connectivity index (χ0n) is 20.0. The second kappa shape index (κ2) is 8.52. The van der Waals surface area contributed by atoms with Crippen molar-refractivity contribution in [1.29, 1.82) is 0 Å². The van der Waals surface area contributed by atoms with Crippen molar-refractivity contribution in [1.82, 2.24) is 20.2 Å². The lowest BCUT2D eigenvalue weighted by molar-refractivity contribution is 0.0107. The molecule has 32 heavy (non-hydrogen) atoms. The van der Waals surface area contributed by atoms with Crippen LogP contribution in [0.2, 0.25) is 0 Å². The van der Waals surface area contributed by atoms with Gasteiger partial charge in [0.1, 0.15) is 28.3 Å². The molecule has 0 aliphatic carbocycles. The van der Waals surface area contributed by atoms with Crippen molar-refractivity contribution < 1.29 is 23.8 Å². The third-order valence-electron chi connectivity index (χ3n) is 5.15.